The molecule has 150 valence electrons. The van der Waals surface area contributed by atoms with E-state index in [2.05, 4.69) is 16.4 Å². The molecule has 0 aliphatic heterocycles. The second-order valence-corrected chi connectivity index (χ2v) is 7.78. The molecule has 0 atom stereocenters. The highest BCUT2D eigenvalue weighted by Crippen LogP contribution is 2.56. The van der Waals surface area contributed by atoms with Gasteiger partial charge in [0.2, 0.25) is 11.8 Å². The number of pyridine rings is 1. The highest BCUT2D eigenvalue weighted by molar-refractivity contribution is 5.67. The topological polar surface area (TPSA) is 93.5 Å². The maximum atomic E-state index is 12.0. The first-order valence-corrected chi connectivity index (χ1v) is 9.68. The molecule has 0 saturated heterocycles. The molecule has 1 spiro atoms. The molecule has 4 rings (SSSR count). The van der Waals surface area contributed by atoms with Gasteiger partial charge in [0.05, 0.1) is 7.11 Å². The first-order chi connectivity index (χ1) is 14.1. The van der Waals surface area contributed by atoms with Crippen molar-refractivity contribution >= 4 is 6.09 Å². The monoisotopic (exact) mass is 393 g/mol. The number of alkyl carbamates (subject to hydrolysis) is 1. The van der Waals surface area contributed by atoms with Crippen LogP contribution in [0.4, 0.5) is 4.79 Å². The third-order valence-electron chi connectivity index (χ3n) is 5.66. The highest BCUT2D eigenvalue weighted by Gasteiger charge is 2.54. The largest absolute Gasteiger partial charge is 0.481 e. The quantitative estimate of drug-likeness (QED) is 0.806. The van der Waals surface area contributed by atoms with Crippen molar-refractivity contribution in [1.29, 1.82) is 5.26 Å². The molecule has 2 fully saturated rings. The molecule has 7 nitrogen and oxygen atoms in total. The van der Waals surface area contributed by atoms with Crippen LogP contribution in [-0.4, -0.2) is 30.3 Å². The summed E-state index contributed by atoms with van der Waals surface area (Å²) in [5.74, 6) is 0.750. The van der Waals surface area contributed by atoms with E-state index in [1.165, 1.54) is 7.11 Å². The number of benzene rings is 1. The Kier molecular flexibility index (Phi) is 5.26. The average Bonchev–Trinajstić information content (AvgIpc) is 2.69. The number of hydrogen-bond donors (Lipinski definition) is 1. The minimum atomic E-state index is -0.375. The predicted octanol–water partition coefficient (Wildman–Crippen LogP) is 3.58. The Bertz CT molecular complexity index is 911. The molecule has 2 saturated carbocycles. The van der Waals surface area contributed by atoms with Crippen molar-refractivity contribution in [3.8, 4) is 17.8 Å². The summed E-state index contributed by atoms with van der Waals surface area (Å²) >= 11 is 0. The molecular weight excluding hydrogens is 370 g/mol. The zero-order chi connectivity index (χ0) is 20.3. The Morgan fingerprint density at radius 3 is 2.66 bits per heavy atom. The van der Waals surface area contributed by atoms with Crippen LogP contribution in [0.5, 0.6) is 11.8 Å². The van der Waals surface area contributed by atoms with Gasteiger partial charge in [-0.2, -0.15) is 10.2 Å². The Morgan fingerprint density at radius 1 is 1.21 bits per heavy atom. The molecule has 29 heavy (non-hydrogen) atoms. The molecule has 7 heteroatoms. The van der Waals surface area contributed by atoms with E-state index < -0.39 is 0 Å². The Hall–Kier alpha value is -3.27. The number of hydrogen-bond acceptors (Lipinski definition) is 6. The number of carbonyl (C=O) groups is 1. The second-order valence-electron chi connectivity index (χ2n) is 7.78. The third-order valence-corrected chi connectivity index (χ3v) is 5.66. The van der Waals surface area contributed by atoms with E-state index >= 15 is 0 Å². The van der Waals surface area contributed by atoms with Gasteiger partial charge in [-0.1, -0.05) is 30.3 Å². The van der Waals surface area contributed by atoms with E-state index in [0.29, 0.717) is 17.3 Å². The molecule has 1 N–H and O–H groups in total. The fourth-order valence-electron chi connectivity index (χ4n) is 4.21. The zero-order valence-corrected chi connectivity index (χ0v) is 16.3. The molecular formula is C22H23N3O4. The SMILES string of the molecule is COc1ccc(C#N)c(O[C@H]2CC3(C[C@H](NC(=O)OCc4ccccc4)C3)C2)n1. The number of aromatic nitrogens is 1. The lowest BCUT2D eigenvalue weighted by atomic mass is 9.53. The lowest BCUT2D eigenvalue weighted by molar-refractivity contribution is -0.0858. The smallest absolute Gasteiger partial charge is 0.407 e. The number of nitrogens with one attached hydrogen (secondary N) is 1. The average molecular weight is 393 g/mol. The van der Waals surface area contributed by atoms with Gasteiger partial charge in [0.15, 0.2) is 0 Å². The Morgan fingerprint density at radius 2 is 1.97 bits per heavy atom. The number of ether oxygens (including phenoxy) is 3. The summed E-state index contributed by atoms with van der Waals surface area (Å²) in [4.78, 5) is 16.2. The summed E-state index contributed by atoms with van der Waals surface area (Å²) in [6.07, 6.45) is 3.29. The van der Waals surface area contributed by atoms with E-state index in [9.17, 15) is 10.1 Å². The highest BCUT2D eigenvalue weighted by atomic mass is 16.5. The van der Waals surface area contributed by atoms with Crippen LogP contribution in [0.25, 0.3) is 0 Å². The van der Waals surface area contributed by atoms with Gasteiger partial charge in [-0.15, -0.1) is 0 Å². The van der Waals surface area contributed by atoms with E-state index in [-0.39, 0.29) is 30.3 Å². The van der Waals surface area contributed by atoms with Gasteiger partial charge in [-0.3, -0.25) is 0 Å². The Labute approximate surface area is 169 Å². The second kappa shape index (κ2) is 8.00. The van der Waals surface area contributed by atoms with Crippen LogP contribution in [0, 0.1) is 16.7 Å². The number of rotatable bonds is 6. The maximum Gasteiger partial charge on any atom is 0.407 e. The van der Waals surface area contributed by atoms with Crippen LogP contribution in [0.2, 0.25) is 0 Å². The van der Waals surface area contributed by atoms with Gasteiger partial charge in [-0.05, 0) is 42.7 Å². The molecule has 1 amide bonds. The summed E-state index contributed by atoms with van der Waals surface area (Å²) in [5, 5.41) is 12.2. The lowest BCUT2D eigenvalue weighted by Crippen LogP contribution is -2.58. The van der Waals surface area contributed by atoms with Crippen molar-refractivity contribution in [3.05, 3.63) is 53.6 Å². The van der Waals surface area contributed by atoms with E-state index in [1.54, 1.807) is 12.1 Å². The number of methoxy groups -OCH3 is 1. The van der Waals surface area contributed by atoms with Crippen LogP contribution in [0.3, 0.4) is 0 Å². The minimum Gasteiger partial charge on any atom is -0.481 e. The van der Waals surface area contributed by atoms with E-state index in [1.807, 2.05) is 30.3 Å². The fraction of sp³-hybridized carbons (Fsp3) is 0.409. The molecule has 2 aliphatic carbocycles. The molecule has 0 unspecified atom stereocenters. The molecule has 2 aromatic rings. The molecule has 0 radical (unpaired) electrons. The van der Waals surface area contributed by atoms with Gasteiger partial charge in [0, 0.05) is 12.1 Å². The summed E-state index contributed by atoms with van der Waals surface area (Å²) < 4.78 is 16.3. The normalized spacial score (nSPS) is 24.6. The Balaban J connectivity index is 1.20. The molecule has 0 bridgehead atoms. The number of carbonyl (C=O) groups excluding carboxylic acids is 1. The molecule has 1 aromatic carbocycles. The number of amides is 1. The lowest BCUT2D eigenvalue weighted by Gasteiger charge is -2.56. The van der Waals surface area contributed by atoms with Crippen LogP contribution in [0.1, 0.15) is 36.8 Å². The van der Waals surface area contributed by atoms with Crippen molar-refractivity contribution in [1.82, 2.24) is 10.3 Å². The zero-order valence-electron chi connectivity index (χ0n) is 16.3. The van der Waals surface area contributed by atoms with Crippen molar-refractivity contribution in [2.45, 2.75) is 44.4 Å². The first kappa shape index (κ1) is 19.1. The van der Waals surface area contributed by atoms with E-state index in [4.69, 9.17) is 14.2 Å². The van der Waals surface area contributed by atoms with Crippen LogP contribution < -0.4 is 14.8 Å². The molecule has 2 aliphatic rings. The number of nitriles is 1. The van der Waals surface area contributed by atoms with Gasteiger partial charge >= 0.3 is 6.09 Å². The van der Waals surface area contributed by atoms with Crippen LogP contribution in [0.15, 0.2) is 42.5 Å². The summed E-state index contributed by atoms with van der Waals surface area (Å²) in [7, 11) is 1.53. The van der Waals surface area contributed by atoms with Crippen molar-refractivity contribution in [3.63, 3.8) is 0 Å². The van der Waals surface area contributed by atoms with Gasteiger partial charge in [0.1, 0.15) is 24.3 Å². The van der Waals surface area contributed by atoms with Crippen molar-refractivity contribution < 1.29 is 19.0 Å². The van der Waals surface area contributed by atoms with E-state index in [0.717, 1.165) is 31.2 Å². The minimum absolute atomic E-state index is 0.0349. The van der Waals surface area contributed by atoms with Crippen molar-refractivity contribution in [2.24, 2.45) is 5.41 Å². The molecule has 1 heterocycles. The van der Waals surface area contributed by atoms with Gasteiger partial charge < -0.3 is 19.5 Å². The van der Waals surface area contributed by atoms with Crippen LogP contribution in [-0.2, 0) is 11.3 Å². The predicted molar refractivity (Wildman–Crippen MR) is 104 cm³/mol. The summed E-state index contributed by atoms with van der Waals surface area (Å²) in [5.41, 5.74) is 1.59. The molecule has 1 aromatic heterocycles. The summed E-state index contributed by atoms with van der Waals surface area (Å²) in [6, 6.07) is 15.2. The van der Waals surface area contributed by atoms with Crippen LogP contribution >= 0.6 is 0 Å². The maximum absolute atomic E-state index is 12.0. The van der Waals surface area contributed by atoms with Crippen molar-refractivity contribution in [2.75, 3.05) is 7.11 Å². The fourth-order valence-corrected chi connectivity index (χ4v) is 4.21. The first-order valence-electron chi connectivity index (χ1n) is 9.68. The standard InChI is InChI=1S/C22H23N3O4/c1-27-19-8-7-16(13-23)20(25-19)29-18-11-22(12-18)9-17(10-22)24-21(26)28-14-15-5-3-2-4-6-15/h2-8,17-18H,9-12,14H2,1H3,(H,24,26)/t17-,18-,22?. The van der Waals surface area contributed by atoms with Gasteiger partial charge in [0.25, 0.3) is 0 Å². The number of nitrogens with zero attached hydrogens (tertiary/aromatic N) is 2. The third kappa shape index (κ3) is 4.27. The summed E-state index contributed by atoms with van der Waals surface area (Å²) in [6.45, 7) is 0.273. The van der Waals surface area contributed by atoms with Gasteiger partial charge in [-0.25, -0.2) is 4.79 Å².